The summed E-state index contributed by atoms with van der Waals surface area (Å²) in [7, 11) is 0. The molecule has 1 amide bonds. The first-order valence-corrected chi connectivity index (χ1v) is 6.48. The molecule has 4 heteroatoms. The Morgan fingerprint density at radius 2 is 1.89 bits per heavy atom. The number of halogens is 1. The summed E-state index contributed by atoms with van der Waals surface area (Å²) in [5.41, 5.74) is 0.571. The van der Waals surface area contributed by atoms with E-state index in [9.17, 15) is 9.18 Å². The first-order chi connectivity index (χ1) is 8.70. The maximum Gasteiger partial charge on any atom is 0.253 e. The first-order valence-electron chi connectivity index (χ1n) is 6.48. The Morgan fingerprint density at radius 1 is 1.17 bits per heavy atom. The Balaban J connectivity index is 2.02. The molecule has 1 saturated heterocycles. The van der Waals surface area contributed by atoms with Crippen LogP contribution in [0.3, 0.4) is 0 Å². The fourth-order valence-corrected chi connectivity index (χ4v) is 2.27. The summed E-state index contributed by atoms with van der Waals surface area (Å²) in [6.07, 6.45) is 1.00. The molecule has 1 aliphatic rings. The lowest BCUT2D eigenvalue weighted by molar-refractivity contribution is 0.0761. The van der Waals surface area contributed by atoms with E-state index in [1.807, 2.05) is 4.90 Å². The minimum absolute atomic E-state index is 0.00736. The van der Waals surface area contributed by atoms with Gasteiger partial charge in [-0.15, -0.1) is 0 Å². The number of hydrogen-bond donors (Lipinski definition) is 0. The number of hydrogen-bond acceptors (Lipinski definition) is 2. The smallest absolute Gasteiger partial charge is 0.253 e. The molecule has 1 aromatic carbocycles. The largest absolute Gasteiger partial charge is 0.337 e. The highest BCUT2D eigenvalue weighted by atomic mass is 19.1. The number of benzene rings is 1. The van der Waals surface area contributed by atoms with Crippen molar-refractivity contribution in [1.29, 1.82) is 0 Å². The van der Waals surface area contributed by atoms with Gasteiger partial charge in [0, 0.05) is 25.2 Å². The van der Waals surface area contributed by atoms with Crippen LogP contribution in [-0.2, 0) is 0 Å². The van der Waals surface area contributed by atoms with Crippen LogP contribution in [0.25, 0.3) is 0 Å². The monoisotopic (exact) mass is 250 g/mol. The zero-order valence-electron chi connectivity index (χ0n) is 10.7. The van der Waals surface area contributed by atoms with E-state index in [0.29, 0.717) is 5.56 Å². The molecule has 1 fully saturated rings. The second kappa shape index (κ2) is 5.96. The van der Waals surface area contributed by atoms with Crippen LogP contribution in [0.5, 0.6) is 0 Å². The van der Waals surface area contributed by atoms with Gasteiger partial charge in [0.1, 0.15) is 5.82 Å². The van der Waals surface area contributed by atoms with Crippen LogP contribution in [-0.4, -0.2) is 48.4 Å². The molecule has 0 N–H and O–H groups in total. The van der Waals surface area contributed by atoms with Crippen molar-refractivity contribution in [2.45, 2.75) is 13.3 Å². The van der Waals surface area contributed by atoms with Crippen molar-refractivity contribution in [3.05, 3.63) is 35.6 Å². The minimum atomic E-state index is -0.306. The van der Waals surface area contributed by atoms with Gasteiger partial charge in [0.05, 0.1) is 0 Å². The number of carbonyl (C=O) groups is 1. The Kier molecular flexibility index (Phi) is 4.31. The maximum atomic E-state index is 12.8. The van der Waals surface area contributed by atoms with E-state index in [4.69, 9.17) is 0 Å². The average Bonchev–Trinajstić information content (AvgIpc) is 2.64. The summed E-state index contributed by atoms with van der Waals surface area (Å²) < 4.78 is 12.8. The molecule has 0 bridgehead atoms. The van der Waals surface area contributed by atoms with E-state index >= 15 is 0 Å². The number of amides is 1. The second-order valence-corrected chi connectivity index (χ2v) is 4.59. The summed E-state index contributed by atoms with van der Waals surface area (Å²) in [6.45, 7) is 6.67. The predicted molar refractivity (Wildman–Crippen MR) is 69.0 cm³/mol. The first kappa shape index (κ1) is 13.0. The van der Waals surface area contributed by atoms with Crippen LogP contribution in [0.1, 0.15) is 23.7 Å². The van der Waals surface area contributed by atoms with Gasteiger partial charge in [-0.2, -0.15) is 0 Å². The molecule has 0 saturated carbocycles. The molecular formula is C14H19FN2O. The fraction of sp³-hybridized carbons (Fsp3) is 0.500. The maximum absolute atomic E-state index is 12.8. The van der Waals surface area contributed by atoms with Crippen molar-refractivity contribution >= 4 is 5.91 Å². The van der Waals surface area contributed by atoms with Gasteiger partial charge in [-0.1, -0.05) is 6.92 Å². The normalized spacial score (nSPS) is 17.6. The number of rotatable bonds is 2. The molecule has 1 heterocycles. The molecule has 0 aliphatic carbocycles. The fourth-order valence-electron chi connectivity index (χ4n) is 2.27. The van der Waals surface area contributed by atoms with Gasteiger partial charge in [-0.05, 0) is 43.8 Å². The Morgan fingerprint density at radius 3 is 2.56 bits per heavy atom. The molecular weight excluding hydrogens is 231 g/mol. The van der Waals surface area contributed by atoms with Gasteiger partial charge < -0.3 is 9.80 Å². The molecule has 0 spiro atoms. The van der Waals surface area contributed by atoms with Crippen molar-refractivity contribution in [3.63, 3.8) is 0 Å². The van der Waals surface area contributed by atoms with Crippen molar-refractivity contribution in [2.24, 2.45) is 0 Å². The molecule has 0 unspecified atom stereocenters. The molecule has 0 radical (unpaired) electrons. The van der Waals surface area contributed by atoms with Crippen LogP contribution >= 0.6 is 0 Å². The number of carbonyl (C=O) groups excluding carboxylic acids is 1. The molecule has 0 aromatic heterocycles. The topological polar surface area (TPSA) is 23.6 Å². The number of likely N-dealkylation sites (N-methyl/N-ethyl adjacent to an activating group) is 1. The summed E-state index contributed by atoms with van der Waals surface area (Å²) in [6, 6.07) is 5.78. The Bertz CT molecular complexity index is 405. The molecule has 1 aliphatic heterocycles. The van der Waals surface area contributed by atoms with Gasteiger partial charge in [0.15, 0.2) is 0 Å². The van der Waals surface area contributed by atoms with E-state index in [-0.39, 0.29) is 11.7 Å². The van der Waals surface area contributed by atoms with Crippen LogP contribution in [0.2, 0.25) is 0 Å². The van der Waals surface area contributed by atoms with Crippen LogP contribution in [0.4, 0.5) is 4.39 Å². The highest BCUT2D eigenvalue weighted by Gasteiger charge is 2.19. The lowest BCUT2D eigenvalue weighted by atomic mass is 10.2. The standard InChI is InChI=1S/C14H19FN2O/c1-2-16-8-3-9-17(11-10-16)14(18)12-4-6-13(15)7-5-12/h4-7H,2-3,8-11H2,1H3. The molecule has 3 nitrogen and oxygen atoms in total. The summed E-state index contributed by atoms with van der Waals surface area (Å²) in [5, 5.41) is 0. The summed E-state index contributed by atoms with van der Waals surface area (Å²) in [5.74, 6) is -0.299. The van der Waals surface area contributed by atoms with Crippen LogP contribution in [0.15, 0.2) is 24.3 Å². The molecule has 98 valence electrons. The van der Waals surface area contributed by atoms with Gasteiger partial charge in [-0.25, -0.2) is 4.39 Å². The van der Waals surface area contributed by atoms with Gasteiger partial charge in [-0.3, -0.25) is 4.79 Å². The SMILES string of the molecule is CCN1CCCN(C(=O)c2ccc(F)cc2)CC1. The van der Waals surface area contributed by atoms with E-state index in [1.54, 1.807) is 12.1 Å². The average molecular weight is 250 g/mol. The van der Waals surface area contributed by atoms with Crippen molar-refractivity contribution in [3.8, 4) is 0 Å². The highest BCUT2D eigenvalue weighted by Crippen LogP contribution is 2.10. The zero-order chi connectivity index (χ0) is 13.0. The molecule has 2 rings (SSSR count). The van der Waals surface area contributed by atoms with Crippen molar-refractivity contribution < 1.29 is 9.18 Å². The minimum Gasteiger partial charge on any atom is -0.337 e. The third-order valence-corrected chi connectivity index (χ3v) is 3.41. The summed E-state index contributed by atoms with van der Waals surface area (Å²) in [4.78, 5) is 16.5. The van der Waals surface area contributed by atoms with E-state index in [0.717, 1.165) is 39.1 Å². The van der Waals surface area contributed by atoms with Crippen molar-refractivity contribution in [1.82, 2.24) is 9.80 Å². The molecule has 1 aromatic rings. The van der Waals surface area contributed by atoms with E-state index < -0.39 is 0 Å². The van der Waals surface area contributed by atoms with Crippen molar-refractivity contribution in [2.75, 3.05) is 32.7 Å². The van der Waals surface area contributed by atoms with Crippen LogP contribution < -0.4 is 0 Å². The van der Waals surface area contributed by atoms with Gasteiger partial charge in [0.25, 0.3) is 5.91 Å². The molecule has 0 atom stereocenters. The van der Waals surface area contributed by atoms with E-state index in [1.165, 1.54) is 12.1 Å². The Labute approximate surface area is 107 Å². The lowest BCUT2D eigenvalue weighted by Gasteiger charge is -2.21. The quantitative estimate of drug-likeness (QED) is 0.801. The lowest BCUT2D eigenvalue weighted by Crippen LogP contribution is -2.35. The highest BCUT2D eigenvalue weighted by molar-refractivity contribution is 5.94. The zero-order valence-corrected chi connectivity index (χ0v) is 10.7. The third kappa shape index (κ3) is 3.07. The predicted octanol–water partition coefficient (Wildman–Crippen LogP) is 1.99. The second-order valence-electron chi connectivity index (χ2n) is 4.59. The van der Waals surface area contributed by atoms with E-state index in [2.05, 4.69) is 11.8 Å². The third-order valence-electron chi connectivity index (χ3n) is 3.41. The molecule has 18 heavy (non-hydrogen) atoms. The van der Waals surface area contributed by atoms with Gasteiger partial charge >= 0.3 is 0 Å². The Hall–Kier alpha value is -1.42. The number of nitrogens with zero attached hydrogens (tertiary/aromatic N) is 2. The van der Waals surface area contributed by atoms with Crippen LogP contribution in [0, 0.1) is 5.82 Å². The summed E-state index contributed by atoms with van der Waals surface area (Å²) >= 11 is 0. The van der Waals surface area contributed by atoms with Gasteiger partial charge in [0.2, 0.25) is 0 Å².